The van der Waals surface area contributed by atoms with Crippen molar-refractivity contribution in [3.8, 4) is 11.8 Å². The SMILES string of the molecule is CCOC(=O)Cn1c(CC(C(=O)OC)c2ccc(O[C@H]3CCN(C(=O)OC(C)(C)C)C3)cc2)cc2ccc(C#N)cc21. The maximum Gasteiger partial charge on any atom is 0.410 e. The molecule has 1 aliphatic rings. The number of nitriles is 1. The van der Waals surface area contributed by atoms with Gasteiger partial charge < -0.3 is 28.4 Å². The van der Waals surface area contributed by atoms with E-state index in [0.29, 0.717) is 36.3 Å². The van der Waals surface area contributed by atoms with Crippen LogP contribution in [0.25, 0.3) is 10.9 Å². The third kappa shape index (κ3) is 7.40. The number of ether oxygens (including phenoxy) is 4. The molecule has 0 N–H and O–H groups in total. The Bertz CT molecular complexity index is 1480. The molecule has 2 atom stereocenters. The van der Waals surface area contributed by atoms with E-state index in [1.807, 2.05) is 45.0 Å². The summed E-state index contributed by atoms with van der Waals surface area (Å²) in [6.45, 7) is 8.43. The number of nitrogens with zero attached hydrogens (tertiary/aromatic N) is 3. The second kappa shape index (κ2) is 13.0. The molecule has 0 radical (unpaired) electrons. The van der Waals surface area contributed by atoms with Gasteiger partial charge in [0, 0.05) is 25.1 Å². The number of esters is 2. The number of carbonyl (C=O) groups excluding carboxylic acids is 3. The Hall–Kier alpha value is -4.52. The highest BCUT2D eigenvalue weighted by Gasteiger charge is 2.31. The van der Waals surface area contributed by atoms with Gasteiger partial charge in [-0.2, -0.15) is 5.26 Å². The van der Waals surface area contributed by atoms with Gasteiger partial charge in [-0.3, -0.25) is 9.59 Å². The van der Waals surface area contributed by atoms with Crippen LogP contribution in [0, 0.1) is 11.3 Å². The third-order valence-electron chi connectivity index (χ3n) is 6.99. The lowest BCUT2D eigenvalue weighted by atomic mass is 9.94. The molecule has 10 nitrogen and oxygen atoms in total. The van der Waals surface area contributed by atoms with Gasteiger partial charge in [-0.05, 0) is 69.0 Å². The summed E-state index contributed by atoms with van der Waals surface area (Å²) in [6.07, 6.45) is 0.423. The first-order chi connectivity index (χ1) is 20.0. The van der Waals surface area contributed by atoms with Gasteiger partial charge in [-0.1, -0.05) is 18.2 Å². The monoisotopic (exact) mass is 575 g/mol. The highest BCUT2D eigenvalue weighted by molar-refractivity contribution is 5.85. The van der Waals surface area contributed by atoms with Gasteiger partial charge in [0.25, 0.3) is 0 Å². The molecule has 1 amide bonds. The summed E-state index contributed by atoms with van der Waals surface area (Å²) in [5.41, 5.74) is 2.07. The Kier molecular flexibility index (Phi) is 9.41. The van der Waals surface area contributed by atoms with Crippen LogP contribution < -0.4 is 4.74 Å². The molecular weight excluding hydrogens is 538 g/mol. The van der Waals surface area contributed by atoms with Crippen molar-refractivity contribution in [1.82, 2.24) is 9.47 Å². The number of carbonyl (C=O) groups is 3. The number of amides is 1. The maximum atomic E-state index is 13.0. The van der Waals surface area contributed by atoms with Crippen molar-refractivity contribution in [2.24, 2.45) is 0 Å². The highest BCUT2D eigenvalue weighted by Crippen LogP contribution is 2.30. The van der Waals surface area contributed by atoms with E-state index in [0.717, 1.165) is 16.6 Å². The second-order valence-electron chi connectivity index (χ2n) is 11.2. The zero-order valence-corrected chi connectivity index (χ0v) is 24.7. The van der Waals surface area contributed by atoms with Crippen molar-refractivity contribution in [2.45, 2.75) is 64.7 Å². The minimum absolute atomic E-state index is 0.0517. The van der Waals surface area contributed by atoms with Crippen LogP contribution in [0.3, 0.4) is 0 Å². The lowest BCUT2D eigenvalue weighted by Gasteiger charge is -2.24. The van der Waals surface area contributed by atoms with E-state index >= 15 is 0 Å². The van der Waals surface area contributed by atoms with E-state index in [9.17, 15) is 19.6 Å². The molecule has 1 fully saturated rings. The topological polar surface area (TPSA) is 120 Å². The van der Waals surface area contributed by atoms with Crippen LogP contribution in [0.4, 0.5) is 4.79 Å². The average Bonchev–Trinajstić information content (AvgIpc) is 3.55. The summed E-state index contributed by atoms with van der Waals surface area (Å²) >= 11 is 0. The molecule has 0 spiro atoms. The van der Waals surface area contributed by atoms with Crippen LogP contribution in [0.15, 0.2) is 48.5 Å². The van der Waals surface area contributed by atoms with Gasteiger partial charge in [0.15, 0.2) is 0 Å². The molecule has 10 heteroatoms. The van der Waals surface area contributed by atoms with Crippen LogP contribution in [0.2, 0.25) is 0 Å². The van der Waals surface area contributed by atoms with Crippen molar-refractivity contribution in [1.29, 1.82) is 5.26 Å². The number of fused-ring (bicyclic) bond motifs is 1. The second-order valence-corrected chi connectivity index (χ2v) is 11.2. The summed E-state index contributed by atoms with van der Waals surface area (Å²) in [7, 11) is 1.34. The van der Waals surface area contributed by atoms with Gasteiger partial charge >= 0.3 is 18.0 Å². The normalized spacial score (nSPS) is 15.6. The maximum absolute atomic E-state index is 13.0. The van der Waals surface area contributed by atoms with Crippen LogP contribution in [-0.2, 0) is 36.8 Å². The van der Waals surface area contributed by atoms with E-state index in [1.165, 1.54) is 7.11 Å². The summed E-state index contributed by atoms with van der Waals surface area (Å²) < 4.78 is 23.7. The summed E-state index contributed by atoms with van der Waals surface area (Å²) in [5.74, 6) is -0.859. The molecule has 3 aromatic rings. The van der Waals surface area contributed by atoms with Crippen molar-refractivity contribution in [3.63, 3.8) is 0 Å². The van der Waals surface area contributed by atoms with Gasteiger partial charge in [0.1, 0.15) is 24.0 Å². The summed E-state index contributed by atoms with van der Waals surface area (Å²) in [5, 5.41) is 10.2. The highest BCUT2D eigenvalue weighted by atomic mass is 16.6. The lowest BCUT2D eigenvalue weighted by Crippen LogP contribution is -2.36. The van der Waals surface area contributed by atoms with Gasteiger partial charge in [0.05, 0.1) is 43.3 Å². The number of likely N-dealkylation sites (tertiary alicyclic amines) is 1. The molecule has 1 saturated heterocycles. The molecule has 0 saturated carbocycles. The number of hydrogen-bond donors (Lipinski definition) is 0. The van der Waals surface area contributed by atoms with Gasteiger partial charge in [-0.15, -0.1) is 0 Å². The predicted octanol–water partition coefficient (Wildman–Crippen LogP) is 4.96. The molecule has 0 bridgehead atoms. The molecular formula is C32H37N3O7. The van der Waals surface area contributed by atoms with Crippen molar-refractivity contribution in [3.05, 3.63) is 65.4 Å². The standard InChI is InChI=1S/C32H37N3O7/c1-6-40-29(36)20-35-24(16-23-8-7-21(18-33)15-28(23)35)17-27(30(37)39-5)22-9-11-25(12-10-22)41-26-13-14-34(19-26)31(38)42-32(2,3)4/h7-12,15-16,26-27H,6,13-14,17,19-20H2,1-5H3/t26-,27?/m0/s1. The Balaban J connectivity index is 1.53. The smallest absolute Gasteiger partial charge is 0.410 e. The molecule has 1 aliphatic heterocycles. The number of methoxy groups -OCH3 is 1. The summed E-state index contributed by atoms with van der Waals surface area (Å²) in [4.78, 5) is 39.5. The third-order valence-corrected chi connectivity index (χ3v) is 6.99. The molecule has 2 aromatic carbocycles. The Morgan fingerprint density at radius 2 is 1.83 bits per heavy atom. The summed E-state index contributed by atoms with van der Waals surface area (Å²) in [6, 6.07) is 16.6. The Morgan fingerprint density at radius 1 is 1.10 bits per heavy atom. The van der Waals surface area contributed by atoms with E-state index < -0.39 is 23.5 Å². The zero-order chi connectivity index (χ0) is 30.4. The number of benzene rings is 2. The molecule has 1 unspecified atom stereocenters. The molecule has 222 valence electrons. The van der Waals surface area contributed by atoms with Gasteiger partial charge in [0.2, 0.25) is 0 Å². The fourth-order valence-corrected chi connectivity index (χ4v) is 5.05. The first-order valence-corrected chi connectivity index (χ1v) is 14.0. The number of aromatic nitrogens is 1. The van der Waals surface area contributed by atoms with Crippen molar-refractivity contribution >= 4 is 28.9 Å². The first-order valence-electron chi connectivity index (χ1n) is 14.0. The minimum Gasteiger partial charge on any atom is -0.489 e. The van der Waals surface area contributed by atoms with Crippen LogP contribution in [0.5, 0.6) is 5.75 Å². The van der Waals surface area contributed by atoms with E-state index in [1.54, 1.807) is 40.7 Å². The van der Waals surface area contributed by atoms with Crippen molar-refractivity contribution in [2.75, 3.05) is 26.8 Å². The zero-order valence-electron chi connectivity index (χ0n) is 24.7. The quantitative estimate of drug-likeness (QED) is 0.259. The largest absolute Gasteiger partial charge is 0.489 e. The lowest BCUT2D eigenvalue weighted by molar-refractivity contribution is -0.143. The molecule has 4 rings (SSSR count). The fourth-order valence-electron chi connectivity index (χ4n) is 5.05. The number of rotatable bonds is 9. The van der Waals surface area contributed by atoms with E-state index in [2.05, 4.69) is 6.07 Å². The van der Waals surface area contributed by atoms with Gasteiger partial charge in [-0.25, -0.2) is 4.79 Å². The molecule has 2 heterocycles. The minimum atomic E-state index is -0.654. The van der Waals surface area contributed by atoms with Crippen LogP contribution in [0.1, 0.15) is 56.9 Å². The predicted molar refractivity (Wildman–Crippen MR) is 155 cm³/mol. The average molecular weight is 576 g/mol. The van der Waals surface area contributed by atoms with E-state index in [-0.39, 0.29) is 31.8 Å². The molecule has 0 aliphatic carbocycles. The van der Waals surface area contributed by atoms with Crippen LogP contribution in [-0.4, -0.2) is 66.0 Å². The van der Waals surface area contributed by atoms with Crippen molar-refractivity contribution < 1.29 is 33.3 Å². The van der Waals surface area contributed by atoms with E-state index in [4.69, 9.17) is 18.9 Å². The molecule has 42 heavy (non-hydrogen) atoms. The Labute approximate surface area is 245 Å². The Morgan fingerprint density at radius 3 is 2.48 bits per heavy atom. The first kappa shape index (κ1) is 30.4. The fraction of sp³-hybridized carbons (Fsp3) is 0.438. The molecule has 1 aromatic heterocycles. The number of hydrogen-bond acceptors (Lipinski definition) is 8. The van der Waals surface area contributed by atoms with Crippen LogP contribution >= 0.6 is 0 Å².